The summed E-state index contributed by atoms with van der Waals surface area (Å²) in [7, 11) is 0. The van der Waals surface area contributed by atoms with E-state index in [1.165, 1.54) is 5.56 Å². The second-order valence-electron chi connectivity index (χ2n) is 6.45. The number of rotatable bonds is 5. The maximum absolute atomic E-state index is 12.5. The largest absolute Gasteiger partial charge is 0.462 e. The van der Waals surface area contributed by atoms with Crippen LogP contribution in [0.15, 0.2) is 36.5 Å². The molecule has 0 fully saturated rings. The zero-order valence-corrected chi connectivity index (χ0v) is 16.8. The minimum atomic E-state index is -0.380. The van der Waals surface area contributed by atoms with Crippen LogP contribution in [0, 0.1) is 20.8 Å². The molecule has 0 radical (unpaired) electrons. The summed E-state index contributed by atoms with van der Waals surface area (Å²) >= 11 is 0. The van der Waals surface area contributed by atoms with Crippen LogP contribution in [0.25, 0.3) is 11.0 Å². The maximum atomic E-state index is 12.5. The summed E-state index contributed by atoms with van der Waals surface area (Å²) in [6.07, 6.45) is 2.31. The van der Waals surface area contributed by atoms with E-state index in [0.29, 0.717) is 23.5 Å². The number of anilines is 2. The van der Waals surface area contributed by atoms with Gasteiger partial charge in [-0.25, -0.2) is 14.8 Å². The molecule has 0 bridgehead atoms. The normalized spacial score (nSPS) is 10.4. The third kappa shape index (κ3) is 4.55. The van der Waals surface area contributed by atoms with Crippen LogP contribution in [-0.4, -0.2) is 22.5 Å². The van der Waals surface area contributed by atoms with Crippen molar-refractivity contribution in [2.24, 2.45) is 0 Å². The highest BCUT2D eigenvalue weighted by Crippen LogP contribution is 2.30. The lowest BCUT2D eigenvalue weighted by Gasteiger charge is -2.16. The van der Waals surface area contributed by atoms with E-state index in [1.54, 1.807) is 6.20 Å². The molecule has 0 aliphatic heterocycles. The molecule has 6 heteroatoms. The van der Waals surface area contributed by atoms with Crippen molar-refractivity contribution in [1.29, 1.82) is 0 Å². The third-order valence-electron chi connectivity index (χ3n) is 4.17. The number of hydrogen-bond donors (Lipinski definition) is 1. The van der Waals surface area contributed by atoms with Crippen molar-refractivity contribution in [3.63, 3.8) is 0 Å². The summed E-state index contributed by atoms with van der Waals surface area (Å²) in [5.41, 5.74) is 5.80. The minimum absolute atomic E-state index is 0. The van der Waals surface area contributed by atoms with Crippen molar-refractivity contribution < 1.29 is 9.53 Å². The number of fused-ring (bicyclic) bond motifs is 1. The Labute approximate surface area is 165 Å². The number of carbonyl (C=O) groups is 1. The number of pyridine rings is 2. The molecule has 2 heterocycles. The predicted octanol–water partition coefficient (Wildman–Crippen LogP) is 5.29. The van der Waals surface area contributed by atoms with Crippen molar-refractivity contribution in [3.05, 3.63) is 58.9 Å². The molecular formula is C21H24ClN3O2. The summed E-state index contributed by atoms with van der Waals surface area (Å²) < 4.78 is 5.34. The molecule has 0 saturated carbocycles. The van der Waals surface area contributed by atoms with Gasteiger partial charge >= 0.3 is 5.97 Å². The number of ether oxygens (including phenoxy) is 1. The quantitative estimate of drug-likeness (QED) is 0.604. The first kappa shape index (κ1) is 20.6. The van der Waals surface area contributed by atoms with Crippen LogP contribution in [0.5, 0.6) is 0 Å². The summed E-state index contributed by atoms with van der Waals surface area (Å²) in [5, 5.41) is 4.20. The monoisotopic (exact) mass is 385 g/mol. The smallest absolute Gasteiger partial charge is 0.341 e. The fourth-order valence-electron chi connectivity index (χ4n) is 2.82. The second-order valence-corrected chi connectivity index (χ2v) is 6.45. The molecule has 3 rings (SSSR count). The average molecular weight is 386 g/mol. The number of esters is 1. The number of benzene rings is 1. The highest BCUT2D eigenvalue weighted by atomic mass is 35.5. The van der Waals surface area contributed by atoms with Gasteiger partial charge in [0.05, 0.1) is 12.3 Å². The van der Waals surface area contributed by atoms with E-state index >= 15 is 0 Å². The highest BCUT2D eigenvalue weighted by Gasteiger charge is 2.18. The third-order valence-corrected chi connectivity index (χ3v) is 4.17. The first-order valence-corrected chi connectivity index (χ1v) is 8.77. The molecular weight excluding hydrogens is 362 g/mol. The van der Waals surface area contributed by atoms with E-state index in [-0.39, 0.29) is 18.4 Å². The van der Waals surface area contributed by atoms with Gasteiger partial charge in [-0.3, -0.25) is 0 Å². The van der Waals surface area contributed by atoms with Gasteiger partial charge in [0, 0.05) is 23.0 Å². The first-order valence-electron chi connectivity index (χ1n) is 8.77. The Bertz CT molecular complexity index is 973. The number of carbonyl (C=O) groups excluding carboxylic acids is 1. The minimum Gasteiger partial charge on any atom is -0.462 e. The van der Waals surface area contributed by atoms with Crippen LogP contribution in [-0.2, 0) is 4.74 Å². The van der Waals surface area contributed by atoms with E-state index in [9.17, 15) is 4.79 Å². The number of aromatic nitrogens is 2. The predicted molar refractivity (Wildman–Crippen MR) is 111 cm³/mol. The van der Waals surface area contributed by atoms with Crippen molar-refractivity contribution in [2.45, 2.75) is 34.1 Å². The van der Waals surface area contributed by atoms with Gasteiger partial charge in [0.2, 0.25) is 0 Å². The van der Waals surface area contributed by atoms with Gasteiger partial charge in [-0.05, 0) is 51.0 Å². The summed E-state index contributed by atoms with van der Waals surface area (Å²) in [4.78, 5) is 21.4. The van der Waals surface area contributed by atoms with E-state index in [1.807, 2.05) is 45.0 Å². The Morgan fingerprint density at radius 1 is 1.15 bits per heavy atom. The van der Waals surface area contributed by atoms with Crippen molar-refractivity contribution >= 4 is 40.8 Å². The van der Waals surface area contributed by atoms with Gasteiger partial charge in [-0.15, -0.1) is 12.4 Å². The van der Waals surface area contributed by atoms with Crippen molar-refractivity contribution in [1.82, 2.24) is 9.97 Å². The molecule has 3 aromatic rings. The number of aryl methyl sites for hydroxylation is 3. The lowest BCUT2D eigenvalue weighted by molar-refractivity contribution is 0.0506. The second kappa shape index (κ2) is 8.82. The summed E-state index contributed by atoms with van der Waals surface area (Å²) in [6, 6.07) is 10.0. The molecule has 27 heavy (non-hydrogen) atoms. The van der Waals surface area contributed by atoms with Crippen molar-refractivity contribution in [2.75, 3.05) is 11.9 Å². The Balaban J connectivity index is 0.00000261. The maximum Gasteiger partial charge on any atom is 0.341 e. The topological polar surface area (TPSA) is 64.1 Å². The Kier molecular flexibility index (Phi) is 6.75. The lowest BCUT2D eigenvalue weighted by Crippen LogP contribution is -2.10. The Morgan fingerprint density at radius 2 is 1.93 bits per heavy atom. The van der Waals surface area contributed by atoms with Crippen LogP contribution < -0.4 is 5.32 Å². The highest BCUT2D eigenvalue weighted by molar-refractivity contribution is 6.05. The van der Waals surface area contributed by atoms with Gasteiger partial charge in [-0.2, -0.15) is 0 Å². The molecule has 0 aliphatic carbocycles. The molecule has 0 saturated heterocycles. The SMILES string of the molecule is CCCOC(=O)c1cnc2nc(C)ccc2c1Nc1ccc(C)cc1C.Cl. The summed E-state index contributed by atoms with van der Waals surface area (Å²) in [5.74, 6) is -0.380. The molecule has 0 aliphatic rings. The van der Waals surface area contributed by atoms with E-state index in [4.69, 9.17) is 4.74 Å². The molecule has 0 spiro atoms. The van der Waals surface area contributed by atoms with Crippen LogP contribution in [0.3, 0.4) is 0 Å². The molecule has 0 amide bonds. The molecule has 5 nitrogen and oxygen atoms in total. The molecule has 142 valence electrons. The number of hydrogen-bond acceptors (Lipinski definition) is 5. The van der Waals surface area contributed by atoms with Crippen LogP contribution >= 0.6 is 12.4 Å². The van der Waals surface area contributed by atoms with E-state index in [2.05, 4.69) is 28.3 Å². The Morgan fingerprint density at radius 3 is 2.63 bits per heavy atom. The average Bonchev–Trinajstić information content (AvgIpc) is 2.61. The zero-order valence-electron chi connectivity index (χ0n) is 16.0. The fourth-order valence-corrected chi connectivity index (χ4v) is 2.82. The Hall–Kier alpha value is -2.66. The van der Waals surface area contributed by atoms with Crippen LogP contribution in [0.1, 0.15) is 40.5 Å². The molecule has 2 aromatic heterocycles. The molecule has 0 atom stereocenters. The van der Waals surface area contributed by atoms with Gasteiger partial charge in [0.15, 0.2) is 5.65 Å². The number of halogens is 1. The summed E-state index contributed by atoms with van der Waals surface area (Å²) in [6.45, 7) is 8.36. The van der Waals surface area contributed by atoms with E-state index < -0.39 is 0 Å². The zero-order chi connectivity index (χ0) is 18.7. The van der Waals surface area contributed by atoms with Gasteiger partial charge < -0.3 is 10.1 Å². The first-order chi connectivity index (χ1) is 12.5. The molecule has 0 unspecified atom stereocenters. The number of nitrogens with one attached hydrogen (secondary N) is 1. The van der Waals surface area contributed by atoms with Gasteiger partial charge in [0.25, 0.3) is 0 Å². The number of nitrogens with zero attached hydrogens (tertiary/aromatic N) is 2. The molecule has 1 aromatic carbocycles. The lowest BCUT2D eigenvalue weighted by atomic mass is 10.1. The van der Waals surface area contributed by atoms with Crippen LogP contribution in [0.2, 0.25) is 0 Å². The van der Waals surface area contributed by atoms with E-state index in [0.717, 1.165) is 28.8 Å². The van der Waals surface area contributed by atoms with Crippen molar-refractivity contribution in [3.8, 4) is 0 Å². The molecule has 1 N–H and O–H groups in total. The van der Waals surface area contributed by atoms with Gasteiger partial charge in [-0.1, -0.05) is 24.6 Å². The van der Waals surface area contributed by atoms with Crippen LogP contribution in [0.4, 0.5) is 11.4 Å². The standard InChI is InChI=1S/C21H23N3O2.ClH/c1-5-10-26-21(25)17-12-22-20-16(8-7-15(4)23-20)19(17)24-18-9-6-13(2)11-14(18)3;/h6-9,11-12H,5,10H2,1-4H3,(H,22,23,24);1H. The fraction of sp³-hybridized carbons (Fsp3) is 0.286. The van der Waals surface area contributed by atoms with Gasteiger partial charge in [0.1, 0.15) is 5.56 Å².